The molecule has 0 saturated heterocycles. The van der Waals surface area contributed by atoms with Gasteiger partial charge in [-0.1, -0.05) is 121 Å². The molecule has 9 nitrogen and oxygen atoms in total. The Kier molecular flexibility index (Phi) is 12.9. The van der Waals surface area contributed by atoms with E-state index in [-0.39, 0.29) is 34.9 Å². The first kappa shape index (κ1) is 40.6. The molecule has 284 valence electrons. The van der Waals surface area contributed by atoms with Crippen molar-refractivity contribution in [2.75, 3.05) is 30.8 Å². The lowest BCUT2D eigenvalue weighted by molar-refractivity contribution is -0.125. The van der Waals surface area contributed by atoms with E-state index in [2.05, 4.69) is 92.1 Å². The minimum atomic E-state index is -3.95. The molecular weight excluding hydrogens is 737 g/mol. The van der Waals surface area contributed by atoms with Gasteiger partial charge in [-0.15, -0.1) is 11.8 Å². The standard InChI is InChI=1S/C27H28N2OS2.C15H20N2O4S/c1-27(2,3)29-26(30)24(25(32-29)21-14-8-5-9-15-21)28-18-19-31-23-17-11-10-16-22(23)20-12-6-4-7-13-20;1-15(2,3)17-14(19)12(16-9-10-18)13(22(17,20)21)11-7-5-4-6-8-11/h4-17,28H,18-19H2,1-3H3;4-8,16,18H,9-10H2,1-3H3. The molecule has 0 aliphatic carbocycles. The summed E-state index contributed by atoms with van der Waals surface area (Å²) in [5.74, 6) is 0.267. The third kappa shape index (κ3) is 9.18. The van der Waals surface area contributed by atoms with Gasteiger partial charge in [0.25, 0.3) is 21.5 Å². The average Bonchev–Trinajstić information content (AvgIpc) is 3.59. The number of hydrogen-bond donors (Lipinski definition) is 3. The topological polar surface area (TPSA) is 121 Å². The van der Waals surface area contributed by atoms with Gasteiger partial charge in [-0.05, 0) is 69.9 Å². The van der Waals surface area contributed by atoms with E-state index >= 15 is 0 Å². The normalized spacial score (nSPS) is 14.1. The lowest BCUT2D eigenvalue weighted by atomic mass is 10.1. The lowest BCUT2D eigenvalue weighted by Gasteiger charge is -2.30. The van der Waals surface area contributed by atoms with Crippen LogP contribution in [-0.2, 0) is 20.4 Å². The number of sulfonamides is 1. The molecule has 1 amide bonds. The molecule has 5 aromatic rings. The van der Waals surface area contributed by atoms with E-state index in [9.17, 15) is 18.0 Å². The summed E-state index contributed by atoms with van der Waals surface area (Å²) in [6, 6.07) is 37.6. The fraction of sp³-hybridized carbons (Fsp3) is 0.286. The van der Waals surface area contributed by atoms with Gasteiger partial charge in [0.15, 0.2) is 0 Å². The van der Waals surface area contributed by atoms with Gasteiger partial charge in [0.05, 0.1) is 22.6 Å². The number of nitrogens with one attached hydrogen (secondary N) is 2. The first-order chi connectivity index (χ1) is 25.7. The number of carbonyl (C=O) groups excluding carboxylic acids is 1. The zero-order chi connectivity index (χ0) is 39.1. The number of thioether (sulfide) groups is 1. The second-order valence-corrected chi connectivity index (χ2v) is 18.4. The van der Waals surface area contributed by atoms with Gasteiger partial charge in [-0.25, -0.2) is 12.7 Å². The molecule has 0 atom stereocenters. The van der Waals surface area contributed by atoms with Crippen LogP contribution in [0.25, 0.3) is 26.5 Å². The highest BCUT2D eigenvalue weighted by Crippen LogP contribution is 2.39. The fourth-order valence-electron chi connectivity index (χ4n) is 5.96. The summed E-state index contributed by atoms with van der Waals surface area (Å²) in [4.78, 5) is 28.0. The van der Waals surface area contributed by atoms with Crippen molar-refractivity contribution in [3.05, 3.63) is 137 Å². The number of aliphatic hydroxyl groups is 1. The van der Waals surface area contributed by atoms with Crippen LogP contribution in [0.5, 0.6) is 0 Å². The minimum absolute atomic E-state index is 0.00942. The summed E-state index contributed by atoms with van der Waals surface area (Å²) in [5, 5.41) is 15.2. The van der Waals surface area contributed by atoms with Crippen LogP contribution >= 0.6 is 23.3 Å². The Morgan fingerprint density at radius 2 is 1.22 bits per heavy atom. The summed E-state index contributed by atoms with van der Waals surface area (Å²) in [6.07, 6.45) is 0. The number of carbonyl (C=O) groups is 1. The van der Waals surface area contributed by atoms with Crippen LogP contribution < -0.4 is 16.2 Å². The van der Waals surface area contributed by atoms with Crippen molar-refractivity contribution in [2.45, 2.75) is 57.5 Å². The molecule has 2 heterocycles. The highest BCUT2D eigenvalue weighted by Gasteiger charge is 2.49. The fourth-order valence-corrected chi connectivity index (χ4v) is 10.1. The summed E-state index contributed by atoms with van der Waals surface area (Å²) in [5.41, 5.74) is 3.62. The maximum Gasteiger partial charge on any atom is 0.285 e. The van der Waals surface area contributed by atoms with Crippen LogP contribution in [0, 0.1) is 0 Å². The van der Waals surface area contributed by atoms with E-state index in [4.69, 9.17) is 5.11 Å². The number of hydrogen-bond acceptors (Lipinski definition) is 9. The van der Waals surface area contributed by atoms with E-state index in [1.165, 1.54) is 27.6 Å². The van der Waals surface area contributed by atoms with Crippen molar-refractivity contribution < 1.29 is 18.3 Å². The van der Waals surface area contributed by atoms with Crippen LogP contribution in [-0.4, -0.2) is 58.7 Å². The second-order valence-electron chi connectivity index (χ2n) is 14.5. The Balaban J connectivity index is 0.000000223. The lowest BCUT2D eigenvalue weighted by Crippen LogP contribution is -2.46. The third-order valence-electron chi connectivity index (χ3n) is 8.27. The number of amides is 1. The molecule has 1 aliphatic rings. The molecule has 12 heteroatoms. The van der Waals surface area contributed by atoms with Crippen LogP contribution in [0.15, 0.2) is 131 Å². The van der Waals surface area contributed by atoms with Crippen molar-refractivity contribution >= 4 is 49.8 Å². The van der Waals surface area contributed by atoms with E-state index in [0.717, 1.165) is 20.5 Å². The minimum Gasteiger partial charge on any atom is -0.395 e. The zero-order valence-electron chi connectivity index (χ0n) is 31.5. The molecule has 0 fully saturated rings. The molecule has 0 spiro atoms. The molecule has 3 N–H and O–H groups in total. The molecule has 0 unspecified atom stereocenters. The van der Waals surface area contributed by atoms with Crippen molar-refractivity contribution in [3.8, 4) is 21.6 Å². The van der Waals surface area contributed by atoms with Gasteiger partial charge in [0.1, 0.15) is 16.3 Å². The smallest absolute Gasteiger partial charge is 0.285 e. The highest BCUT2D eigenvalue weighted by molar-refractivity contribution is 7.99. The quantitative estimate of drug-likeness (QED) is 0.0908. The Morgan fingerprint density at radius 3 is 1.78 bits per heavy atom. The Bertz CT molecular complexity index is 2240. The Hall–Kier alpha value is -4.62. The van der Waals surface area contributed by atoms with Crippen molar-refractivity contribution in [1.82, 2.24) is 13.6 Å². The molecule has 4 aromatic carbocycles. The van der Waals surface area contributed by atoms with Gasteiger partial charge in [0.2, 0.25) is 0 Å². The Labute approximate surface area is 327 Å². The summed E-state index contributed by atoms with van der Waals surface area (Å²) in [7, 11) is -3.95. The van der Waals surface area contributed by atoms with E-state index in [0.29, 0.717) is 17.8 Å². The van der Waals surface area contributed by atoms with Crippen molar-refractivity contribution in [3.63, 3.8) is 0 Å². The maximum absolute atomic E-state index is 13.2. The molecule has 0 saturated carbocycles. The maximum atomic E-state index is 13.2. The van der Waals surface area contributed by atoms with E-state index < -0.39 is 21.5 Å². The van der Waals surface area contributed by atoms with E-state index in [1.54, 1.807) is 51.1 Å². The molecule has 54 heavy (non-hydrogen) atoms. The third-order valence-corrected chi connectivity index (χ3v) is 13.0. The summed E-state index contributed by atoms with van der Waals surface area (Å²) < 4.78 is 28.5. The number of rotatable bonds is 11. The molecule has 0 radical (unpaired) electrons. The monoisotopic (exact) mass is 784 g/mol. The van der Waals surface area contributed by atoms with Gasteiger partial charge in [0, 0.05) is 23.7 Å². The SMILES string of the molecule is CC(C)(C)N1C(=O)C(NCCO)=C(c2ccccc2)S1(=O)=O.CC(C)(C)n1sc(-c2ccccc2)c(NCCSc2ccccc2-c2ccccc2)c1=O. The van der Waals surface area contributed by atoms with Crippen molar-refractivity contribution in [1.29, 1.82) is 0 Å². The largest absolute Gasteiger partial charge is 0.395 e. The van der Waals surface area contributed by atoms with Gasteiger partial charge in [-0.3, -0.25) is 13.5 Å². The van der Waals surface area contributed by atoms with E-state index in [1.807, 2.05) is 40.0 Å². The zero-order valence-corrected chi connectivity index (χ0v) is 33.9. The second kappa shape index (κ2) is 17.2. The molecule has 1 aromatic heterocycles. The predicted octanol–water partition coefficient (Wildman–Crippen LogP) is 8.11. The molecule has 6 rings (SSSR count). The van der Waals surface area contributed by atoms with Gasteiger partial charge < -0.3 is 15.7 Å². The number of aliphatic hydroxyl groups excluding tert-OH is 1. The van der Waals surface area contributed by atoms with Crippen LogP contribution in [0.3, 0.4) is 0 Å². The number of anilines is 1. The number of nitrogens with zero attached hydrogens (tertiary/aromatic N) is 2. The first-order valence-electron chi connectivity index (χ1n) is 17.7. The summed E-state index contributed by atoms with van der Waals surface area (Å²) >= 11 is 3.35. The first-order valence-corrected chi connectivity index (χ1v) is 20.9. The van der Waals surface area contributed by atoms with Crippen LogP contribution in [0.4, 0.5) is 5.69 Å². The molecule has 1 aliphatic heterocycles. The highest BCUT2D eigenvalue weighted by atomic mass is 32.2. The summed E-state index contributed by atoms with van der Waals surface area (Å²) in [6.45, 7) is 11.8. The molecular formula is C42H48N4O5S3. The van der Waals surface area contributed by atoms with Crippen LogP contribution in [0.1, 0.15) is 47.1 Å². The average molecular weight is 785 g/mol. The number of aromatic nitrogens is 1. The van der Waals surface area contributed by atoms with Gasteiger partial charge in [-0.2, -0.15) is 0 Å². The molecule has 0 bridgehead atoms. The Morgan fingerprint density at radius 1 is 0.685 bits per heavy atom. The van der Waals surface area contributed by atoms with Crippen molar-refractivity contribution in [2.24, 2.45) is 0 Å². The predicted molar refractivity (Wildman–Crippen MR) is 224 cm³/mol. The van der Waals surface area contributed by atoms with Gasteiger partial charge >= 0.3 is 0 Å². The van der Waals surface area contributed by atoms with Crippen LogP contribution in [0.2, 0.25) is 0 Å². The number of benzene rings is 4.